The quantitative estimate of drug-likeness (QED) is 0.155. The molecular formula is C36H56O12. The molecule has 6 aliphatic rings. The molecule has 5 fully saturated rings. The van der Waals surface area contributed by atoms with Gasteiger partial charge in [0.15, 0.2) is 6.29 Å². The summed E-state index contributed by atoms with van der Waals surface area (Å²) in [5.41, 5.74) is -3.61. The van der Waals surface area contributed by atoms with Crippen LogP contribution in [0.5, 0.6) is 0 Å². The highest BCUT2D eigenvalue weighted by Gasteiger charge is 2.73. The van der Waals surface area contributed by atoms with Crippen molar-refractivity contribution >= 4 is 11.9 Å². The van der Waals surface area contributed by atoms with Gasteiger partial charge in [-0.1, -0.05) is 46.3 Å². The average molecular weight is 681 g/mol. The number of carbonyl (C=O) groups is 2. The van der Waals surface area contributed by atoms with Crippen molar-refractivity contribution in [2.75, 3.05) is 6.61 Å². The molecule has 12 nitrogen and oxygen atoms in total. The van der Waals surface area contributed by atoms with E-state index in [1.54, 1.807) is 6.92 Å². The van der Waals surface area contributed by atoms with Crippen molar-refractivity contribution in [2.24, 2.45) is 50.2 Å². The second-order valence-electron chi connectivity index (χ2n) is 17.9. The van der Waals surface area contributed by atoms with Crippen molar-refractivity contribution in [3.05, 3.63) is 11.6 Å². The lowest BCUT2D eigenvalue weighted by Gasteiger charge is -2.71. The Bertz CT molecular complexity index is 1350. The van der Waals surface area contributed by atoms with Crippen LogP contribution >= 0.6 is 0 Å². The van der Waals surface area contributed by atoms with E-state index >= 15 is 0 Å². The maximum Gasteiger partial charge on any atom is 0.312 e. The number of aliphatic hydroxyl groups is 6. The molecule has 1 aliphatic heterocycles. The second kappa shape index (κ2) is 11.4. The Kier molecular flexibility index (Phi) is 8.61. The number of aliphatic hydroxyl groups excluding tert-OH is 6. The normalized spacial score (nSPS) is 54.5. The number of fused-ring (bicyclic) bond motifs is 7. The lowest BCUT2D eigenvalue weighted by atomic mass is 9.33. The average Bonchev–Trinajstić information content (AvgIpc) is 2.98. The van der Waals surface area contributed by atoms with E-state index in [0.717, 1.165) is 5.57 Å². The Balaban J connectivity index is 1.38. The van der Waals surface area contributed by atoms with Gasteiger partial charge in [0.25, 0.3) is 0 Å². The van der Waals surface area contributed by atoms with E-state index in [0.29, 0.717) is 38.5 Å². The van der Waals surface area contributed by atoms with E-state index in [1.165, 1.54) is 0 Å². The number of aliphatic carboxylic acids is 2. The Morgan fingerprint density at radius 2 is 1.52 bits per heavy atom. The Morgan fingerprint density at radius 3 is 2.12 bits per heavy atom. The summed E-state index contributed by atoms with van der Waals surface area (Å²) in [6.45, 7) is 11.6. The van der Waals surface area contributed by atoms with Gasteiger partial charge in [-0.25, -0.2) is 0 Å². The highest BCUT2D eigenvalue weighted by Crippen LogP contribution is 2.76. The van der Waals surface area contributed by atoms with E-state index < -0.39 is 101 Å². The van der Waals surface area contributed by atoms with E-state index in [1.807, 2.05) is 6.92 Å². The summed E-state index contributed by atoms with van der Waals surface area (Å²) in [4.78, 5) is 26.4. The van der Waals surface area contributed by atoms with E-state index in [2.05, 4.69) is 33.8 Å². The summed E-state index contributed by atoms with van der Waals surface area (Å²) >= 11 is 0. The zero-order chi connectivity index (χ0) is 35.6. The van der Waals surface area contributed by atoms with Crippen molar-refractivity contribution in [3.8, 4) is 0 Å². The summed E-state index contributed by atoms with van der Waals surface area (Å²) in [6, 6.07) is 0. The molecule has 0 bridgehead atoms. The first-order valence-electron chi connectivity index (χ1n) is 17.6. The fourth-order valence-corrected chi connectivity index (χ4v) is 12.3. The van der Waals surface area contributed by atoms with Gasteiger partial charge in [0, 0.05) is 0 Å². The molecule has 0 spiro atoms. The second-order valence-corrected chi connectivity index (χ2v) is 17.9. The number of carboxylic acid groups (broad SMARTS) is 2. The first kappa shape index (κ1) is 36.2. The van der Waals surface area contributed by atoms with Crippen LogP contribution in [0, 0.1) is 50.2 Å². The molecule has 1 heterocycles. The largest absolute Gasteiger partial charge is 0.481 e. The zero-order valence-electron chi connectivity index (χ0n) is 29.0. The van der Waals surface area contributed by atoms with Gasteiger partial charge in [-0.15, -0.1) is 0 Å². The number of ether oxygens (including phenoxy) is 2. The third-order valence-electron chi connectivity index (χ3n) is 15.3. The van der Waals surface area contributed by atoms with Gasteiger partial charge in [0.05, 0.1) is 24.2 Å². The third-order valence-corrected chi connectivity index (χ3v) is 15.3. The van der Waals surface area contributed by atoms with Crippen molar-refractivity contribution in [2.45, 2.75) is 142 Å². The lowest BCUT2D eigenvalue weighted by molar-refractivity contribution is -0.340. The van der Waals surface area contributed by atoms with Gasteiger partial charge in [-0.05, 0) is 97.7 Å². The number of hydrogen-bond acceptors (Lipinski definition) is 10. The van der Waals surface area contributed by atoms with Crippen molar-refractivity contribution in [3.63, 3.8) is 0 Å². The molecule has 0 radical (unpaired) electrons. The molecule has 48 heavy (non-hydrogen) atoms. The van der Waals surface area contributed by atoms with Gasteiger partial charge in [0.1, 0.15) is 35.9 Å². The molecule has 16 atom stereocenters. The fraction of sp³-hybridized carbons (Fsp3) is 0.889. The van der Waals surface area contributed by atoms with Gasteiger partial charge < -0.3 is 50.3 Å². The van der Waals surface area contributed by atoms with Gasteiger partial charge in [-0.3, -0.25) is 9.59 Å². The van der Waals surface area contributed by atoms with Crippen LogP contribution in [0.3, 0.4) is 0 Å². The van der Waals surface area contributed by atoms with Crippen molar-refractivity contribution in [1.29, 1.82) is 0 Å². The van der Waals surface area contributed by atoms with Crippen LogP contribution in [-0.4, -0.2) is 108 Å². The van der Waals surface area contributed by atoms with Crippen molar-refractivity contribution < 1.29 is 59.9 Å². The third kappa shape index (κ3) is 4.62. The van der Waals surface area contributed by atoms with Crippen LogP contribution in [0.1, 0.15) is 92.9 Å². The highest BCUT2D eigenvalue weighted by molar-refractivity contribution is 5.78. The Labute approximate surface area is 282 Å². The number of rotatable bonds is 5. The monoisotopic (exact) mass is 680 g/mol. The first-order chi connectivity index (χ1) is 22.2. The van der Waals surface area contributed by atoms with E-state index in [9.17, 15) is 50.4 Å². The topological polar surface area (TPSA) is 214 Å². The highest BCUT2D eigenvalue weighted by atomic mass is 16.7. The molecule has 0 aromatic rings. The molecule has 8 N–H and O–H groups in total. The molecule has 1 saturated heterocycles. The van der Waals surface area contributed by atoms with Gasteiger partial charge in [-0.2, -0.15) is 0 Å². The number of carboxylic acids is 2. The van der Waals surface area contributed by atoms with Gasteiger partial charge >= 0.3 is 11.9 Å². The predicted octanol–water partition coefficient (Wildman–Crippen LogP) is 2.06. The Hall–Kier alpha value is -1.64. The predicted molar refractivity (Wildman–Crippen MR) is 170 cm³/mol. The van der Waals surface area contributed by atoms with Crippen LogP contribution in [-0.2, 0) is 19.1 Å². The summed E-state index contributed by atoms with van der Waals surface area (Å²) in [7, 11) is 0. The van der Waals surface area contributed by atoms with E-state index in [-0.39, 0.29) is 30.1 Å². The molecule has 272 valence electrons. The molecule has 0 amide bonds. The number of hydrogen-bond donors (Lipinski definition) is 8. The van der Waals surface area contributed by atoms with Crippen LogP contribution in [0.4, 0.5) is 0 Å². The minimum Gasteiger partial charge on any atom is -0.481 e. The van der Waals surface area contributed by atoms with Crippen LogP contribution in [0.15, 0.2) is 11.6 Å². The number of allylic oxidation sites excluding steroid dienone is 2. The first-order valence-corrected chi connectivity index (χ1v) is 17.6. The maximum atomic E-state index is 13.4. The summed E-state index contributed by atoms with van der Waals surface area (Å²) in [5.74, 6) is -3.05. The van der Waals surface area contributed by atoms with Gasteiger partial charge in [0.2, 0.25) is 0 Å². The minimum atomic E-state index is -1.75. The van der Waals surface area contributed by atoms with Crippen molar-refractivity contribution in [1.82, 2.24) is 0 Å². The molecule has 12 heteroatoms. The smallest absolute Gasteiger partial charge is 0.312 e. The summed E-state index contributed by atoms with van der Waals surface area (Å²) in [5, 5.41) is 86.2. The minimum absolute atomic E-state index is 0.0867. The SMILES string of the molecule is CC1(C)CC[C@@]2(C(=O)O)C(C1)C1=CCC3[C@@]4(C)C[C@H](O)[C@H](OC5OC(CO)C(O)C(O)C5O)[C@@](C)(C(=O)O)C4CC[C@@]3(C)[C@]1(C)C[C@H]2O. The standard InChI is InChI=1S/C36H56O12/c1-31(2)11-12-36(30(45)46)18(13-31)17-7-8-21-32(3)14-19(38)27(48-28-26(42)25(41)24(40)20(16-37)47-28)35(6,29(43)44)22(32)9-10-33(21,4)34(17,5)15-23(36)39/h7,18-28,37-42H,8-16H2,1-6H3,(H,43,44)(H,45,46)/t18?,19-,20?,21?,22?,23+,24?,25?,26?,27-,28?,32+,33+,34+,35-,36+/m0/s1. The zero-order valence-corrected chi connectivity index (χ0v) is 29.0. The summed E-state index contributed by atoms with van der Waals surface area (Å²) in [6.07, 6.45) is -5.54. The molecule has 5 aliphatic carbocycles. The fourth-order valence-electron chi connectivity index (χ4n) is 12.3. The molecule has 6 rings (SSSR count). The lowest BCUT2D eigenvalue weighted by Crippen LogP contribution is -2.71. The van der Waals surface area contributed by atoms with Crippen LogP contribution in [0.2, 0.25) is 0 Å². The Morgan fingerprint density at radius 1 is 0.854 bits per heavy atom. The molecular weight excluding hydrogens is 624 g/mol. The van der Waals surface area contributed by atoms with Crippen LogP contribution < -0.4 is 0 Å². The molecule has 0 aromatic carbocycles. The van der Waals surface area contributed by atoms with Crippen LogP contribution in [0.25, 0.3) is 0 Å². The maximum absolute atomic E-state index is 13.4. The van der Waals surface area contributed by atoms with E-state index in [4.69, 9.17) is 9.47 Å². The molecule has 8 unspecified atom stereocenters. The molecule has 4 saturated carbocycles. The molecule has 0 aromatic heterocycles. The summed E-state index contributed by atoms with van der Waals surface area (Å²) < 4.78 is 11.7.